The number of nitrogens with zero attached hydrogens (tertiary/aromatic N) is 1. The van der Waals surface area contributed by atoms with Crippen LogP contribution in [0.1, 0.15) is 12.0 Å². The molecule has 2 saturated carbocycles. The molecule has 4 heteroatoms. The van der Waals surface area contributed by atoms with Crippen molar-refractivity contribution < 1.29 is 14.3 Å². The first-order valence-electron chi connectivity index (χ1n) is 10.0. The molecule has 7 rings (SSSR count). The normalized spacial score (nSPS) is 34.4. The first-order chi connectivity index (χ1) is 13.6. The number of aryl methyl sites for hydroxylation is 1. The van der Waals surface area contributed by atoms with Crippen molar-refractivity contribution >= 4 is 17.5 Å². The molecule has 0 spiro atoms. The van der Waals surface area contributed by atoms with Crippen molar-refractivity contribution in [2.24, 2.45) is 35.5 Å². The highest BCUT2D eigenvalue weighted by Crippen LogP contribution is 2.65. The second-order valence-electron chi connectivity index (χ2n) is 8.58. The molecule has 2 amide bonds. The Labute approximate surface area is 163 Å². The van der Waals surface area contributed by atoms with E-state index in [9.17, 15) is 9.59 Å². The Bertz CT molecular complexity index is 971. The summed E-state index contributed by atoms with van der Waals surface area (Å²) in [6.45, 7) is 2.03. The Morgan fingerprint density at radius 2 is 1.29 bits per heavy atom. The Morgan fingerprint density at radius 3 is 1.82 bits per heavy atom. The first kappa shape index (κ1) is 16.1. The number of hydrogen-bond acceptors (Lipinski definition) is 3. The largest absolute Gasteiger partial charge is 0.457 e. The summed E-state index contributed by atoms with van der Waals surface area (Å²) in [6, 6.07) is 15.1. The van der Waals surface area contributed by atoms with Gasteiger partial charge in [-0.25, -0.2) is 0 Å². The fraction of sp³-hybridized carbons (Fsp3) is 0.333. The molecule has 0 N–H and O–H groups in total. The fourth-order valence-electron chi connectivity index (χ4n) is 5.62. The second-order valence-corrected chi connectivity index (χ2v) is 8.58. The number of allylic oxidation sites excluding steroid dienone is 2. The molecule has 2 bridgehead atoms. The summed E-state index contributed by atoms with van der Waals surface area (Å²) in [5, 5.41) is 0. The molecule has 1 aliphatic heterocycles. The van der Waals surface area contributed by atoms with Crippen LogP contribution in [0.3, 0.4) is 0 Å². The predicted molar refractivity (Wildman–Crippen MR) is 105 cm³/mol. The molecular formula is C24H21NO3. The number of ether oxygens (including phenoxy) is 1. The van der Waals surface area contributed by atoms with Crippen molar-refractivity contribution in [1.29, 1.82) is 0 Å². The second kappa shape index (κ2) is 5.57. The lowest BCUT2D eigenvalue weighted by Gasteiger charge is -2.37. The SMILES string of the molecule is Cc1ccc(Oc2ccc(N3C(=O)[C@@H]4[C@@H]5C=C[C@H]([C@H]6C[C@H]56)[C@@H]4C3=O)cc2)cc1. The van der Waals surface area contributed by atoms with Crippen LogP contribution in [0.15, 0.2) is 60.7 Å². The van der Waals surface area contributed by atoms with E-state index in [4.69, 9.17) is 4.74 Å². The maximum absolute atomic E-state index is 13.2. The minimum absolute atomic E-state index is 0.0214. The summed E-state index contributed by atoms with van der Waals surface area (Å²) in [7, 11) is 0. The number of amides is 2. The molecule has 0 unspecified atom stereocenters. The Kier molecular flexibility index (Phi) is 3.20. The van der Waals surface area contributed by atoms with Gasteiger partial charge in [0.25, 0.3) is 0 Å². The lowest BCUT2D eigenvalue weighted by Crippen LogP contribution is -2.40. The molecule has 6 atom stereocenters. The smallest absolute Gasteiger partial charge is 0.238 e. The number of carbonyl (C=O) groups excluding carboxylic acids is 2. The Balaban J connectivity index is 1.26. The third-order valence-electron chi connectivity index (χ3n) is 7.01. The van der Waals surface area contributed by atoms with Crippen LogP contribution in [0.25, 0.3) is 0 Å². The molecule has 4 aliphatic carbocycles. The Morgan fingerprint density at radius 1 is 0.786 bits per heavy atom. The summed E-state index contributed by atoms with van der Waals surface area (Å²) >= 11 is 0. The average molecular weight is 371 g/mol. The number of imide groups is 1. The topological polar surface area (TPSA) is 46.6 Å². The highest BCUT2D eigenvalue weighted by Gasteiger charge is 2.67. The summed E-state index contributed by atoms with van der Waals surface area (Å²) in [4.78, 5) is 27.7. The van der Waals surface area contributed by atoms with E-state index in [0.29, 0.717) is 23.3 Å². The first-order valence-corrected chi connectivity index (χ1v) is 10.0. The molecule has 5 aliphatic rings. The van der Waals surface area contributed by atoms with Gasteiger partial charge in [-0.2, -0.15) is 0 Å². The van der Waals surface area contributed by atoms with Crippen LogP contribution >= 0.6 is 0 Å². The zero-order chi connectivity index (χ0) is 19.0. The quantitative estimate of drug-likeness (QED) is 0.595. The van der Waals surface area contributed by atoms with Crippen molar-refractivity contribution in [2.75, 3.05) is 4.90 Å². The molecule has 140 valence electrons. The van der Waals surface area contributed by atoms with E-state index in [-0.39, 0.29) is 35.5 Å². The molecular weight excluding hydrogens is 350 g/mol. The van der Waals surface area contributed by atoms with Gasteiger partial charge >= 0.3 is 0 Å². The minimum Gasteiger partial charge on any atom is -0.457 e. The van der Waals surface area contributed by atoms with Gasteiger partial charge in [-0.15, -0.1) is 0 Å². The van der Waals surface area contributed by atoms with Crippen LogP contribution in [-0.4, -0.2) is 11.8 Å². The van der Waals surface area contributed by atoms with E-state index in [1.165, 1.54) is 16.9 Å². The predicted octanol–water partition coefficient (Wildman–Crippen LogP) is 4.34. The van der Waals surface area contributed by atoms with Gasteiger partial charge in [-0.05, 0) is 73.4 Å². The molecule has 1 heterocycles. The van der Waals surface area contributed by atoms with Gasteiger partial charge < -0.3 is 4.74 Å². The Hall–Kier alpha value is -2.88. The zero-order valence-electron chi connectivity index (χ0n) is 15.6. The van der Waals surface area contributed by atoms with Crippen LogP contribution in [0, 0.1) is 42.4 Å². The van der Waals surface area contributed by atoms with Gasteiger partial charge in [-0.1, -0.05) is 29.8 Å². The van der Waals surface area contributed by atoms with Gasteiger partial charge in [0.05, 0.1) is 17.5 Å². The number of rotatable bonds is 3. The summed E-state index contributed by atoms with van der Waals surface area (Å²) in [6.07, 6.45) is 5.58. The van der Waals surface area contributed by atoms with E-state index in [1.807, 2.05) is 55.5 Å². The average Bonchev–Trinajstić information content (AvgIpc) is 3.49. The van der Waals surface area contributed by atoms with Gasteiger partial charge in [0, 0.05) is 0 Å². The number of carbonyl (C=O) groups is 2. The standard InChI is InChI=1S/C24H21NO3/c1-13-2-6-15(7-3-13)28-16-8-4-14(5-9-16)25-23(26)21-17-10-11-18(20-12-19(17)20)22(21)24(25)27/h2-11,17-22H,12H2,1H3/t17-,18-,19-,20-,21-,22+/m1/s1. The lowest BCUT2D eigenvalue weighted by atomic mass is 9.63. The van der Waals surface area contributed by atoms with Gasteiger partial charge in [-0.3, -0.25) is 14.5 Å². The van der Waals surface area contributed by atoms with Crippen molar-refractivity contribution in [2.45, 2.75) is 13.3 Å². The molecule has 0 aromatic heterocycles. The highest BCUT2D eigenvalue weighted by atomic mass is 16.5. The molecule has 28 heavy (non-hydrogen) atoms. The van der Waals surface area contributed by atoms with Crippen molar-refractivity contribution in [3.63, 3.8) is 0 Å². The van der Waals surface area contributed by atoms with E-state index in [1.54, 1.807) is 0 Å². The number of anilines is 1. The fourth-order valence-corrected chi connectivity index (χ4v) is 5.62. The molecule has 0 radical (unpaired) electrons. The third-order valence-corrected chi connectivity index (χ3v) is 7.01. The molecule has 3 fully saturated rings. The lowest BCUT2D eigenvalue weighted by molar-refractivity contribution is -0.124. The minimum atomic E-state index is -0.158. The summed E-state index contributed by atoms with van der Waals surface area (Å²) in [5.74, 6) is 2.85. The van der Waals surface area contributed by atoms with E-state index in [2.05, 4.69) is 12.2 Å². The van der Waals surface area contributed by atoms with Crippen LogP contribution in [0.2, 0.25) is 0 Å². The van der Waals surface area contributed by atoms with Gasteiger partial charge in [0.15, 0.2) is 0 Å². The van der Waals surface area contributed by atoms with Crippen LogP contribution in [0.4, 0.5) is 5.69 Å². The maximum atomic E-state index is 13.2. The van der Waals surface area contributed by atoms with Crippen molar-refractivity contribution in [3.8, 4) is 11.5 Å². The van der Waals surface area contributed by atoms with Crippen LogP contribution < -0.4 is 9.64 Å². The molecule has 1 saturated heterocycles. The van der Waals surface area contributed by atoms with Crippen molar-refractivity contribution in [3.05, 3.63) is 66.2 Å². The summed E-state index contributed by atoms with van der Waals surface area (Å²) < 4.78 is 5.86. The van der Waals surface area contributed by atoms with Gasteiger partial charge in [0.1, 0.15) is 11.5 Å². The molecule has 2 aromatic carbocycles. The van der Waals surface area contributed by atoms with Crippen LogP contribution in [-0.2, 0) is 9.59 Å². The third kappa shape index (κ3) is 2.17. The van der Waals surface area contributed by atoms with E-state index >= 15 is 0 Å². The van der Waals surface area contributed by atoms with Crippen LogP contribution in [0.5, 0.6) is 11.5 Å². The monoisotopic (exact) mass is 371 g/mol. The number of benzene rings is 2. The number of hydrogen-bond donors (Lipinski definition) is 0. The maximum Gasteiger partial charge on any atom is 0.238 e. The zero-order valence-corrected chi connectivity index (χ0v) is 15.6. The van der Waals surface area contributed by atoms with Crippen molar-refractivity contribution in [1.82, 2.24) is 0 Å². The molecule has 2 aromatic rings. The summed E-state index contributed by atoms with van der Waals surface area (Å²) in [5.41, 5.74) is 1.82. The van der Waals surface area contributed by atoms with E-state index < -0.39 is 0 Å². The van der Waals surface area contributed by atoms with E-state index in [0.717, 1.165) is 5.75 Å². The highest BCUT2D eigenvalue weighted by molar-refractivity contribution is 6.22. The van der Waals surface area contributed by atoms with Gasteiger partial charge in [0.2, 0.25) is 11.8 Å². The molecule has 4 nitrogen and oxygen atoms in total.